The number of para-hydroxylation sites is 1. The molecule has 0 saturated heterocycles. The maximum Gasteiger partial charge on any atom is 0.136 e. The third-order valence-electron chi connectivity index (χ3n) is 8.74. The lowest BCUT2D eigenvalue weighted by Gasteiger charge is -2.20. The molecule has 0 aliphatic carbocycles. The molecule has 0 bridgehead atoms. The summed E-state index contributed by atoms with van der Waals surface area (Å²) in [6, 6.07) is 48.1. The average Bonchev–Trinajstić information content (AvgIpc) is 3.52. The van der Waals surface area contributed by atoms with E-state index in [2.05, 4.69) is 54.6 Å². The Labute approximate surface area is 267 Å². The summed E-state index contributed by atoms with van der Waals surface area (Å²) in [7, 11) is 0. The number of rotatable bonds is 4. The first-order valence-electron chi connectivity index (χ1n) is 17.1. The molecule has 0 aliphatic rings. The van der Waals surface area contributed by atoms with Gasteiger partial charge in [0, 0.05) is 10.8 Å². The predicted octanol–water partition coefficient (Wildman–Crippen LogP) is 12.6. The summed E-state index contributed by atoms with van der Waals surface area (Å²) in [4.78, 5) is 0. The van der Waals surface area contributed by atoms with Crippen molar-refractivity contribution in [1.29, 1.82) is 0 Å². The minimum atomic E-state index is -0.0587. The van der Waals surface area contributed by atoms with Gasteiger partial charge in [0.25, 0.3) is 0 Å². The van der Waals surface area contributed by atoms with Crippen molar-refractivity contribution in [2.45, 2.75) is 0 Å². The largest absolute Gasteiger partial charge is 0.456 e. The van der Waals surface area contributed by atoms with Crippen LogP contribution in [0.4, 0.5) is 0 Å². The van der Waals surface area contributed by atoms with E-state index in [0.717, 1.165) is 65.7 Å². The molecule has 1 heterocycles. The quantitative estimate of drug-likeness (QED) is 0.190. The number of benzene rings is 8. The predicted molar refractivity (Wildman–Crippen MR) is 190 cm³/mol. The highest BCUT2D eigenvalue weighted by atomic mass is 16.3. The van der Waals surface area contributed by atoms with Crippen molar-refractivity contribution in [1.82, 2.24) is 0 Å². The van der Waals surface area contributed by atoms with Crippen molar-refractivity contribution in [2.24, 2.45) is 0 Å². The highest BCUT2D eigenvalue weighted by Crippen LogP contribution is 2.48. The third kappa shape index (κ3) is 4.17. The normalized spacial score (nSPS) is 12.8. The Kier molecular flexibility index (Phi) is 5.00. The van der Waals surface area contributed by atoms with Gasteiger partial charge in [-0.2, -0.15) is 0 Å². The van der Waals surface area contributed by atoms with Crippen LogP contribution in [-0.4, -0.2) is 0 Å². The van der Waals surface area contributed by atoms with Crippen LogP contribution in [-0.2, 0) is 0 Å². The minimum absolute atomic E-state index is 0.0545. The Hall–Kier alpha value is -5.92. The second-order valence-corrected chi connectivity index (χ2v) is 11.3. The van der Waals surface area contributed by atoms with Crippen molar-refractivity contribution in [3.63, 3.8) is 0 Å². The van der Waals surface area contributed by atoms with E-state index < -0.39 is 0 Å². The Bertz CT molecular complexity index is 2660. The summed E-state index contributed by atoms with van der Waals surface area (Å²) in [5.41, 5.74) is 7.76. The van der Waals surface area contributed by atoms with Gasteiger partial charge in [-0.15, -0.1) is 0 Å². The fourth-order valence-electron chi connectivity index (χ4n) is 6.71. The van der Waals surface area contributed by atoms with Crippen molar-refractivity contribution >= 4 is 43.5 Å². The number of furan rings is 1. The molecule has 0 spiro atoms. The highest BCUT2D eigenvalue weighted by Gasteiger charge is 2.21. The van der Waals surface area contributed by atoms with Gasteiger partial charge in [0.2, 0.25) is 0 Å². The smallest absolute Gasteiger partial charge is 0.136 e. The van der Waals surface area contributed by atoms with Gasteiger partial charge in [0.1, 0.15) is 11.2 Å². The second kappa shape index (κ2) is 10.4. The van der Waals surface area contributed by atoms with Crippen LogP contribution in [0, 0.1) is 0 Å². The molecule has 0 fully saturated rings. The molecule has 0 saturated carbocycles. The van der Waals surface area contributed by atoms with E-state index in [-0.39, 0.29) is 24.2 Å². The SMILES string of the molecule is [2H]c1c([2H])c(-c2c3ccccc3c(-c3cc4oc5ccccc5c4cc3-c3ccccc3)c3ccccc23)c([2H])c([2H])c1-c1ccccc1. The third-order valence-corrected chi connectivity index (χ3v) is 8.74. The average molecular weight is 577 g/mol. The molecular formula is C44H28O. The van der Waals surface area contributed by atoms with E-state index in [1.165, 1.54) is 0 Å². The molecule has 9 rings (SSSR count). The summed E-state index contributed by atoms with van der Waals surface area (Å²) in [6.45, 7) is 0. The first-order valence-corrected chi connectivity index (χ1v) is 15.1. The van der Waals surface area contributed by atoms with Crippen LogP contribution in [0.5, 0.6) is 0 Å². The van der Waals surface area contributed by atoms with Crippen LogP contribution in [0.1, 0.15) is 5.48 Å². The molecule has 0 unspecified atom stereocenters. The molecule has 210 valence electrons. The van der Waals surface area contributed by atoms with Crippen LogP contribution < -0.4 is 0 Å². The molecule has 0 aliphatic heterocycles. The van der Waals surface area contributed by atoms with Crippen LogP contribution in [0.2, 0.25) is 0 Å². The van der Waals surface area contributed by atoms with Crippen LogP contribution in [0.25, 0.3) is 88.0 Å². The lowest BCUT2D eigenvalue weighted by molar-refractivity contribution is 0.669. The Morgan fingerprint density at radius 1 is 0.333 bits per heavy atom. The van der Waals surface area contributed by atoms with Crippen molar-refractivity contribution in [3.8, 4) is 44.5 Å². The van der Waals surface area contributed by atoms with E-state index in [9.17, 15) is 2.74 Å². The molecule has 0 N–H and O–H groups in total. The maximum atomic E-state index is 9.32. The van der Waals surface area contributed by atoms with Gasteiger partial charge < -0.3 is 4.42 Å². The first kappa shape index (κ1) is 21.7. The summed E-state index contributed by atoms with van der Waals surface area (Å²) in [6.07, 6.45) is 0. The van der Waals surface area contributed by atoms with Gasteiger partial charge in [-0.25, -0.2) is 0 Å². The van der Waals surface area contributed by atoms with Gasteiger partial charge >= 0.3 is 0 Å². The fraction of sp³-hybridized carbons (Fsp3) is 0. The van der Waals surface area contributed by atoms with Crippen LogP contribution in [0.15, 0.2) is 174 Å². The summed E-state index contributed by atoms with van der Waals surface area (Å²) in [5, 5.41) is 5.72. The minimum Gasteiger partial charge on any atom is -0.456 e. The van der Waals surface area contributed by atoms with E-state index in [0.29, 0.717) is 22.3 Å². The van der Waals surface area contributed by atoms with Crippen molar-refractivity contribution < 1.29 is 9.90 Å². The Balaban J connectivity index is 1.42. The topological polar surface area (TPSA) is 13.1 Å². The second-order valence-electron chi connectivity index (χ2n) is 11.3. The molecular weight excluding hydrogens is 544 g/mol. The molecule has 0 radical (unpaired) electrons. The summed E-state index contributed by atoms with van der Waals surface area (Å²) < 4.78 is 43.3. The van der Waals surface area contributed by atoms with E-state index in [1.807, 2.05) is 91.0 Å². The van der Waals surface area contributed by atoms with Gasteiger partial charge in [0.15, 0.2) is 0 Å². The summed E-state index contributed by atoms with van der Waals surface area (Å²) in [5.74, 6) is 0. The zero-order chi connectivity index (χ0) is 33.2. The van der Waals surface area contributed by atoms with Gasteiger partial charge in [0.05, 0.1) is 5.48 Å². The maximum absolute atomic E-state index is 9.32. The Morgan fingerprint density at radius 2 is 0.822 bits per heavy atom. The molecule has 8 aromatic carbocycles. The van der Waals surface area contributed by atoms with Crippen LogP contribution >= 0.6 is 0 Å². The zero-order valence-corrected chi connectivity index (χ0v) is 24.3. The monoisotopic (exact) mass is 576 g/mol. The van der Waals surface area contributed by atoms with E-state index in [4.69, 9.17) is 7.16 Å². The zero-order valence-electron chi connectivity index (χ0n) is 28.3. The molecule has 0 amide bonds. The molecule has 1 aromatic heterocycles. The standard InChI is InChI=1S/C44H28O/c1-3-13-29(14-4-1)30-23-25-32(26-24-30)43-34-18-7-9-20-36(34)44(37-21-10-8-19-35(37)43)40-28-42-39(33-17-11-12-22-41(33)45-42)27-38(40)31-15-5-2-6-16-31/h1-28H/i23D,24D,25D,26D. The highest BCUT2D eigenvalue weighted by molar-refractivity contribution is 6.23. The number of fused-ring (bicyclic) bond motifs is 5. The fourth-order valence-corrected chi connectivity index (χ4v) is 6.71. The number of hydrogen-bond donors (Lipinski definition) is 0. The molecule has 0 atom stereocenters. The number of hydrogen-bond acceptors (Lipinski definition) is 1. The Morgan fingerprint density at radius 3 is 1.44 bits per heavy atom. The van der Waals surface area contributed by atoms with Crippen molar-refractivity contribution in [3.05, 3.63) is 170 Å². The lowest BCUT2D eigenvalue weighted by atomic mass is 9.83. The first-order chi connectivity index (χ1) is 24.0. The van der Waals surface area contributed by atoms with E-state index in [1.54, 1.807) is 0 Å². The molecule has 1 nitrogen and oxygen atoms in total. The molecule has 1 heteroatoms. The van der Waals surface area contributed by atoms with Crippen molar-refractivity contribution in [2.75, 3.05) is 0 Å². The van der Waals surface area contributed by atoms with Gasteiger partial charge in [-0.3, -0.25) is 0 Å². The van der Waals surface area contributed by atoms with Gasteiger partial charge in [-0.1, -0.05) is 152 Å². The van der Waals surface area contributed by atoms with Gasteiger partial charge in [-0.05, 0) is 84.3 Å². The lowest BCUT2D eigenvalue weighted by Crippen LogP contribution is -1.93. The molecule has 45 heavy (non-hydrogen) atoms. The molecule has 9 aromatic rings. The summed E-state index contributed by atoms with van der Waals surface area (Å²) >= 11 is 0. The van der Waals surface area contributed by atoms with E-state index >= 15 is 0 Å². The van der Waals surface area contributed by atoms with Crippen LogP contribution in [0.3, 0.4) is 0 Å².